The Kier molecular flexibility index (Phi) is 12.0. The summed E-state index contributed by atoms with van der Waals surface area (Å²) < 4.78 is 87.9. The minimum absolute atomic E-state index is 0.118. The van der Waals surface area contributed by atoms with Crippen LogP contribution in [0.2, 0.25) is 0 Å². The molecule has 0 aromatic heterocycles. The smallest absolute Gasteiger partial charge is 0.494 e. The fraction of sp³-hybridized carbons (Fsp3) is 0.816. The Morgan fingerprint density at radius 3 is 2.14 bits per heavy atom. The fourth-order valence-electron chi connectivity index (χ4n) is 9.24. The molecule has 0 bridgehead atoms. The lowest BCUT2D eigenvalue weighted by atomic mass is 9.52. The number of unbranched alkanes of at least 4 members (excludes halogenated alkanes) is 6. The van der Waals surface area contributed by atoms with Crippen LogP contribution >= 0.6 is 0 Å². The van der Waals surface area contributed by atoms with Crippen molar-refractivity contribution in [1.82, 2.24) is 0 Å². The normalized spacial score (nSPS) is 29.9. The van der Waals surface area contributed by atoms with Crippen LogP contribution in [-0.2, 0) is 31.7 Å². The summed E-state index contributed by atoms with van der Waals surface area (Å²) in [5.74, 6) is -2.03. The molecule has 1 heterocycles. The summed E-state index contributed by atoms with van der Waals surface area (Å²) in [6, 6.07) is 6.85. The van der Waals surface area contributed by atoms with Gasteiger partial charge in [-0.2, -0.15) is 22.0 Å². The Labute approximate surface area is 293 Å². The highest BCUT2D eigenvalue weighted by atomic mass is 32.2. The number of carbonyl (C=O) groups excluding carboxylic acids is 1. The van der Waals surface area contributed by atoms with Gasteiger partial charge in [-0.25, -0.2) is 0 Å². The number of rotatable bonds is 15. The van der Waals surface area contributed by atoms with E-state index in [1.54, 1.807) is 0 Å². The lowest BCUT2D eigenvalue weighted by molar-refractivity contribution is -0.284. The molecule has 49 heavy (non-hydrogen) atoms. The standard InChI is InChI=1S/C38H56BF5O4S/c1-34(2)35(3,4)48-39(47-34)28-15-16-29-27(25-28)24-26(33-30(29)19-21-36(5)31(33)17-18-32(36)45)14-11-9-7-6-8-10-12-22-49(46)23-13-20-37(40,41)38(42,43)44/h15-16,25-26,30-31,33H,6-14,17-24H2,1-5H3/t26-,30-,31+,33-,36+,49?/m1/s1. The van der Waals surface area contributed by atoms with Crippen molar-refractivity contribution >= 4 is 29.5 Å². The summed E-state index contributed by atoms with van der Waals surface area (Å²) in [5.41, 5.74) is 2.98. The van der Waals surface area contributed by atoms with Crippen LogP contribution in [0, 0.1) is 23.2 Å². The number of alkyl halides is 5. The first-order valence-electron chi connectivity index (χ1n) is 18.7. The summed E-state index contributed by atoms with van der Waals surface area (Å²) in [4.78, 5) is 13.1. The van der Waals surface area contributed by atoms with Crippen molar-refractivity contribution in [2.24, 2.45) is 23.2 Å². The molecule has 3 fully saturated rings. The van der Waals surface area contributed by atoms with Gasteiger partial charge in [-0.05, 0) is 119 Å². The zero-order valence-corrected chi connectivity index (χ0v) is 30.9. The third kappa shape index (κ3) is 8.41. The van der Waals surface area contributed by atoms with Crippen LogP contribution in [0.3, 0.4) is 0 Å². The van der Waals surface area contributed by atoms with Gasteiger partial charge in [0.2, 0.25) is 0 Å². The van der Waals surface area contributed by atoms with Gasteiger partial charge in [0.25, 0.3) is 0 Å². The van der Waals surface area contributed by atoms with Gasteiger partial charge in [0.05, 0.1) is 11.2 Å². The highest BCUT2D eigenvalue weighted by Gasteiger charge is 2.58. The Balaban J connectivity index is 1.10. The molecule has 1 saturated heterocycles. The number of fused-ring (bicyclic) bond motifs is 5. The highest BCUT2D eigenvalue weighted by Crippen LogP contribution is 2.61. The molecule has 1 unspecified atom stereocenters. The Hall–Kier alpha value is -1.17. The average molecular weight is 715 g/mol. The molecule has 276 valence electrons. The summed E-state index contributed by atoms with van der Waals surface area (Å²) in [6.45, 7) is 10.6. The molecule has 1 aromatic carbocycles. The molecule has 3 aliphatic carbocycles. The van der Waals surface area contributed by atoms with E-state index in [0.29, 0.717) is 48.0 Å². The van der Waals surface area contributed by atoms with E-state index in [-0.39, 0.29) is 18.3 Å². The van der Waals surface area contributed by atoms with E-state index in [4.69, 9.17) is 9.31 Å². The van der Waals surface area contributed by atoms with Crippen LogP contribution < -0.4 is 5.46 Å². The van der Waals surface area contributed by atoms with Crippen molar-refractivity contribution in [3.63, 3.8) is 0 Å². The zero-order chi connectivity index (χ0) is 35.8. The van der Waals surface area contributed by atoms with Crippen molar-refractivity contribution in [3.05, 3.63) is 29.3 Å². The van der Waals surface area contributed by atoms with E-state index in [0.717, 1.165) is 76.1 Å². The number of Topliss-reactive ketones (excluding diaryl/α,β-unsaturated/α-hetero) is 1. The summed E-state index contributed by atoms with van der Waals surface area (Å²) in [5, 5.41) is 0. The number of ketones is 1. The van der Waals surface area contributed by atoms with E-state index in [9.17, 15) is 31.3 Å². The molecule has 4 aliphatic rings. The molecule has 0 amide bonds. The van der Waals surface area contributed by atoms with Gasteiger partial charge >= 0.3 is 19.2 Å². The number of hydrogen-bond donors (Lipinski definition) is 0. The predicted molar refractivity (Wildman–Crippen MR) is 186 cm³/mol. The van der Waals surface area contributed by atoms with Gasteiger partial charge in [0.1, 0.15) is 17.3 Å². The van der Waals surface area contributed by atoms with Crippen molar-refractivity contribution in [2.75, 3.05) is 11.5 Å². The second-order valence-corrected chi connectivity index (χ2v) is 18.3. The second-order valence-electron chi connectivity index (χ2n) is 16.6. The van der Waals surface area contributed by atoms with Crippen molar-refractivity contribution in [3.8, 4) is 0 Å². The minimum atomic E-state index is -5.55. The topological polar surface area (TPSA) is 58.6 Å². The molecule has 1 aromatic rings. The maximum atomic E-state index is 13.1. The second kappa shape index (κ2) is 15.1. The molecule has 1 aliphatic heterocycles. The minimum Gasteiger partial charge on any atom is -0.616 e. The summed E-state index contributed by atoms with van der Waals surface area (Å²) >= 11 is -1.37. The van der Waals surface area contributed by atoms with Gasteiger partial charge in [-0.3, -0.25) is 4.79 Å². The van der Waals surface area contributed by atoms with Crippen molar-refractivity contribution in [2.45, 2.75) is 160 Å². The Bertz CT molecular complexity index is 1290. The Morgan fingerprint density at radius 2 is 1.49 bits per heavy atom. The van der Waals surface area contributed by atoms with Crippen LogP contribution in [0.1, 0.15) is 142 Å². The molecule has 5 rings (SSSR count). The predicted octanol–water partition coefficient (Wildman–Crippen LogP) is 9.48. The van der Waals surface area contributed by atoms with Crippen LogP contribution in [0.15, 0.2) is 18.2 Å². The SMILES string of the molecule is CC1(C)OB(c2ccc3c(c2)C[C@@H](CCCCCCCCC[S+]([O-])CCCC(F)(F)C(F)(F)F)[C@@H]2[C@@H]3CC[C@]3(C)C(=O)CC[C@@H]23)OC1(C)C. The van der Waals surface area contributed by atoms with Gasteiger partial charge in [-0.15, -0.1) is 0 Å². The molecule has 6 atom stereocenters. The maximum Gasteiger partial charge on any atom is 0.494 e. The van der Waals surface area contributed by atoms with Gasteiger partial charge in [0.15, 0.2) is 0 Å². The highest BCUT2D eigenvalue weighted by molar-refractivity contribution is 7.91. The lowest BCUT2D eigenvalue weighted by Gasteiger charge is -2.52. The molecule has 2 saturated carbocycles. The van der Waals surface area contributed by atoms with Crippen LogP contribution in [0.5, 0.6) is 0 Å². The van der Waals surface area contributed by atoms with Crippen LogP contribution in [0.25, 0.3) is 0 Å². The van der Waals surface area contributed by atoms with Crippen LogP contribution in [-0.4, -0.2) is 52.3 Å². The van der Waals surface area contributed by atoms with Gasteiger partial charge in [-0.1, -0.05) is 68.4 Å². The summed E-state index contributed by atoms with van der Waals surface area (Å²) in [7, 11) is -0.384. The molecular weight excluding hydrogens is 658 g/mol. The Morgan fingerprint density at radius 1 is 0.878 bits per heavy atom. The third-order valence-electron chi connectivity index (χ3n) is 12.9. The average Bonchev–Trinajstić information content (AvgIpc) is 3.44. The first-order chi connectivity index (χ1) is 22.9. The molecule has 0 spiro atoms. The molecular formula is C38H56BF5O4S. The quantitative estimate of drug-likeness (QED) is 0.0787. The maximum absolute atomic E-state index is 13.1. The van der Waals surface area contributed by atoms with E-state index in [1.165, 1.54) is 11.1 Å². The first-order valence-corrected chi connectivity index (χ1v) is 20.2. The molecule has 0 radical (unpaired) electrons. The number of carbonyl (C=O) groups is 1. The van der Waals surface area contributed by atoms with Crippen molar-refractivity contribution in [1.29, 1.82) is 0 Å². The molecule has 4 nitrogen and oxygen atoms in total. The zero-order valence-electron chi connectivity index (χ0n) is 30.1. The van der Waals surface area contributed by atoms with E-state index >= 15 is 0 Å². The largest absolute Gasteiger partial charge is 0.616 e. The third-order valence-corrected chi connectivity index (χ3v) is 14.4. The fourth-order valence-corrected chi connectivity index (χ4v) is 10.4. The number of benzene rings is 1. The molecule has 11 heteroatoms. The lowest BCUT2D eigenvalue weighted by Crippen LogP contribution is -2.46. The first kappa shape index (κ1) is 39.1. The monoisotopic (exact) mass is 714 g/mol. The summed E-state index contributed by atoms with van der Waals surface area (Å²) in [6.07, 6.45) is 5.71. The van der Waals surface area contributed by atoms with Gasteiger partial charge in [0, 0.05) is 18.3 Å². The van der Waals surface area contributed by atoms with E-state index in [2.05, 4.69) is 52.8 Å². The van der Waals surface area contributed by atoms with Gasteiger partial charge < -0.3 is 13.9 Å². The van der Waals surface area contributed by atoms with Crippen LogP contribution in [0.4, 0.5) is 22.0 Å². The number of halogens is 5. The number of hydrogen-bond acceptors (Lipinski definition) is 4. The molecule has 0 N–H and O–H groups in total. The van der Waals surface area contributed by atoms with Crippen molar-refractivity contribution < 1.29 is 40.6 Å². The van der Waals surface area contributed by atoms with E-state index in [1.807, 2.05) is 0 Å². The van der Waals surface area contributed by atoms with E-state index < -0.39 is 47.3 Å².